The van der Waals surface area contributed by atoms with E-state index in [4.69, 9.17) is 15.6 Å². The molecule has 1 aromatic rings. The average Bonchev–Trinajstić information content (AvgIpc) is 2.47. The number of aryl methyl sites for hydroxylation is 1. The van der Waals surface area contributed by atoms with Crippen LogP contribution < -0.4 is 5.73 Å². The van der Waals surface area contributed by atoms with E-state index >= 15 is 0 Å². The Morgan fingerprint density at radius 1 is 1.38 bits per heavy atom. The van der Waals surface area contributed by atoms with Gasteiger partial charge in [-0.1, -0.05) is 11.6 Å². The molecular formula is C15H20N2O4. The largest absolute Gasteiger partial charge is 0.480 e. The lowest BCUT2D eigenvalue weighted by atomic mass is 10.0. The summed E-state index contributed by atoms with van der Waals surface area (Å²) in [5.41, 5.74) is 7.87. The predicted octanol–water partition coefficient (Wildman–Crippen LogP) is 1.28. The predicted molar refractivity (Wildman–Crippen MR) is 78.1 cm³/mol. The zero-order valence-electron chi connectivity index (χ0n) is 12.0. The fourth-order valence-corrected chi connectivity index (χ4v) is 2.44. The summed E-state index contributed by atoms with van der Waals surface area (Å²) in [6.45, 7) is 2.73. The van der Waals surface area contributed by atoms with Crippen molar-refractivity contribution >= 4 is 17.6 Å². The van der Waals surface area contributed by atoms with Gasteiger partial charge in [0.05, 0.1) is 11.7 Å². The Bertz CT molecular complexity index is 536. The van der Waals surface area contributed by atoms with E-state index in [1.807, 2.05) is 13.0 Å². The van der Waals surface area contributed by atoms with Crippen LogP contribution in [-0.2, 0) is 9.53 Å². The molecule has 2 rings (SSSR count). The maximum absolute atomic E-state index is 12.5. The third kappa shape index (κ3) is 3.95. The molecule has 3 N–H and O–H groups in total. The Hall–Kier alpha value is -2.08. The third-order valence-electron chi connectivity index (χ3n) is 3.61. The molecule has 6 heteroatoms. The van der Waals surface area contributed by atoms with E-state index in [0.717, 1.165) is 5.56 Å². The normalized spacial score (nSPS) is 16.0. The van der Waals surface area contributed by atoms with Crippen LogP contribution in [-0.4, -0.2) is 47.7 Å². The Kier molecular flexibility index (Phi) is 4.80. The Morgan fingerprint density at radius 2 is 2.05 bits per heavy atom. The minimum atomic E-state index is -0.971. The number of hydrogen-bond donors (Lipinski definition) is 2. The molecule has 114 valence electrons. The van der Waals surface area contributed by atoms with Crippen molar-refractivity contribution in [1.82, 2.24) is 4.90 Å². The van der Waals surface area contributed by atoms with Crippen LogP contribution in [0.15, 0.2) is 18.2 Å². The van der Waals surface area contributed by atoms with Crippen molar-refractivity contribution in [2.75, 3.05) is 25.4 Å². The number of ether oxygens (including phenoxy) is 1. The zero-order valence-corrected chi connectivity index (χ0v) is 12.0. The summed E-state index contributed by atoms with van der Waals surface area (Å²) in [4.78, 5) is 24.7. The van der Waals surface area contributed by atoms with Crippen LogP contribution >= 0.6 is 0 Å². The van der Waals surface area contributed by atoms with Crippen molar-refractivity contribution < 1.29 is 19.4 Å². The second kappa shape index (κ2) is 6.58. The Balaban J connectivity index is 1.94. The number of carboxylic acid groups (broad SMARTS) is 1. The number of likely N-dealkylation sites (tertiary alicyclic amines) is 1. The molecule has 0 aromatic heterocycles. The van der Waals surface area contributed by atoms with Crippen molar-refractivity contribution in [1.29, 1.82) is 0 Å². The van der Waals surface area contributed by atoms with E-state index in [0.29, 0.717) is 37.2 Å². The molecule has 1 heterocycles. The van der Waals surface area contributed by atoms with Crippen molar-refractivity contribution in [3.8, 4) is 0 Å². The summed E-state index contributed by atoms with van der Waals surface area (Å²) in [7, 11) is 0. The minimum absolute atomic E-state index is 0.0760. The number of nitrogens with two attached hydrogens (primary N) is 1. The summed E-state index contributed by atoms with van der Waals surface area (Å²) < 4.78 is 5.26. The first-order valence-electron chi connectivity index (χ1n) is 6.96. The topological polar surface area (TPSA) is 92.9 Å². The van der Waals surface area contributed by atoms with Crippen LogP contribution in [0.2, 0.25) is 0 Å². The number of nitrogens with zero attached hydrogens (tertiary/aromatic N) is 1. The number of carboxylic acids is 1. The number of anilines is 1. The fourth-order valence-electron chi connectivity index (χ4n) is 2.44. The highest BCUT2D eigenvalue weighted by molar-refractivity contribution is 5.99. The van der Waals surface area contributed by atoms with E-state index in [9.17, 15) is 9.59 Å². The second-order valence-electron chi connectivity index (χ2n) is 5.29. The van der Waals surface area contributed by atoms with Gasteiger partial charge in [-0.2, -0.15) is 0 Å². The molecule has 0 bridgehead atoms. The number of hydrogen-bond acceptors (Lipinski definition) is 4. The van der Waals surface area contributed by atoms with Crippen LogP contribution in [0.5, 0.6) is 0 Å². The van der Waals surface area contributed by atoms with Gasteiger partial charge in [0.1, 0.15) is 6.61 Å². The smallest absolute Gasteiger partial charge is 0.329 e. The van der Waals surface area contributed by atoms with Crippen LogP contribution in [0.25, 0.3) is 0 Å². The molecule has 1 saturated heterocycles. The van der Waals surface area contributed by atoms with Crippen molar-refractivity contribution in [3.05, 3.63) is 29.3 Å². The summed E-state index contributed by atoms with van der Waals surface area (Å²) in [5.74, 6) is -1.05. The second-order valence-corrected chi connectivity index (χ2v) is 5.29. The maximum atomic E-state index is 12.5. The fraction of sp³-hybridized carbons (Fsp3) is 0.467. The average molecular weight is 292 g/mol. The van der Waals surface area contributed by atoms with E-state index in [2.05, 4.69) is 0 Å². The molecule has 1 amide bonds. The highest BCUT2D eigenvalue weighted by Gasteiger charge is 2.25. The quantitative estimate of drug-likeness (QED) is 0.816. The van der Waals surface area contributed by atoms with Gasteiger partial charge in [-0.25, -0.2) is 4.79 Å². The SMILES string of the molecule is Cc1ccc(N)c(C(=O)N2CCC(OCC(=O)O)CC2)c1. The van der Waals surface area contributed by atoms with E-state index < -0.39 is 5.97 Å². The molecule has 1 aliphatic heterocycles. The minimum Gasteiger partial charge on any atom is -0.480 e. The lowest BCUT2D eigenvalue weighted by molar-refractivity contribution is -0.145. The molecule has 0 spiro atoms. The monoisotopic (exact) mass is 292 g/mol. The van der Waals surface area contributed by atoms with Gasteiger partial charge in [-0.05, 0) is 31.9 Å². The highest BCUT2D eigenvalue weighted by Crippen LogP contribution is 2.20. The van der Waals surface area contributed by atoms with Gasteiger partial charge in [0.25, 0.3) is 5.91 Å². The van der Waals surface area contributed by atoms with Gasteiger partial charge in [0.2, 0.25) is 0 Å². The molecular weight excluding hydrogens is 272 g/mol. The van der Waals surface area contributed by atoms with Gasteiger partial charge >= 0.3 is 5.97 Å². The standard InChI is InChI=1S/C15H20N2O4/c1-10-2-3-13(16)12(8-10)15(20)17-6-4-11(5-7-17)21-9-14(18)19/h2-3,8,11H,4-7,9,16H2,1H3,(H,18,19). The molecule has 1 aromatic carbocycles. The van der Waals surface area contributed by atoms with Gasteiger partial charge in [-0.3, -0.25) is 4.79 Å². The molecule has 6 nitrogen and oxygen atoms in total. The van der Waals surface area contributed by atoms with E-state index in [1.54, 1.807) is 17.0 Å². The number of piperidine rings is 1. The summed E-state index contributed by atoms with van der Waals surface area (Å²) >= 11 is 0. The molecule has 0 radical (unpaired) electrons. The third-order valence-corrected chi connectivity index (χ3v) is 3.61. The van der Waals surface area contributed by atoms with Crippen molar-refractivity contribution in [2.45, 2.75) is 25.9 Å². The van der Waals surface area contributed by atoms with Crippen LogP contribution in [0.3, 0.4) is 0 Å². The maximum Gasteiger partial charge on any atom is 0.329 e. The number of amides is 1. The van der Waals surface area contributed by atoms with Crippen LogP contribution in [0, 0.1) is 6.92 Å². The van der Waals surface area contributed by atoms with Crippen LogP contribution in [0.1, 0.15) is 28.8 Å². The molecule has 0 aliphatic carbocycles. The number of carbonyl (C=O) groups is 2. The summed E-state index contributed by atoms with van der Waals surface area (Å²) in [6.07, 6.45) is 1.19. The molecule has 0 saturated carbocycles. The van der Waals surface area contributed by atoms with Gasteiger partial charge in [0, 0.05) is 18.8 Å². The van der Waals surface area contributed by atoms with Gasteiger partial charge < -0.3 is 20.5 Å². The number of carbonyl (C=O) groups excluding carboxylic acids is 1. The van der Waals surface area contributed by atoms with Crippen LogP contribution in [0.4, 0.5) is 5.69 Å². The lowest BCUT2D eigenvalue weighted by Crippen LogP contribution is -2.41. The summed E-state index contributed by atoms with van der Waals surface area (Å²) in [5, 5.41) is 8.59. The highest BCUT2D eigenvalue weighted by atomic mass is 16.5. The number of rotatable bonds is 4. The Morgan fingerprint density at radius 3 is 2.67 bits per heavy atom. The molecule has 1 fully saturated rings. The lowest BCUT2D eigenvalue weighted by Gasteiger charge is -2.32. The molecule has 0 unspecified atom stereocenters. The molecule has 0 atom stereocenters. The van der Waals surface area contributed by atoms with E-state index in [-0.39, 0.29) is 18.6 Å². The first-order valence-corrected chi connectivity index (χ1v) is 6.96. The van der Waals surface area contributed by atoms with Gasteiger partial charge in [-0.15, -0.1) is 0 Å². The number of nitrogen functional groups attached to an aromatic ring is 1. The van der Waals surface area contributed by atoms with E-state index in [1.165, 1.54) is 0 Å². The zero-order chi connectivity index (χ0) is 15.4. The Labute approximate surface area is 123 Å². The van der Waals surface area contributed by atoms with Crippen molar-refractivity contribution in [2.24, 2.45) is 0 Å². The summed E-state index contributed by atoms with van der Waals surface area (Å²) in [6, 6.07) is 5.41. The molecule has 1 aliphatic rings. The van der Waals surface area contributed by atoms with Gasteiger partial charge in [0.15, 0.2) is 0 Å². The number of aliphatic carboxylic acids is 1. The first kappa shape index (κ1) is 15.3. The van der Waals surface area contributed by atoms with Crippen molar-refractivity contribution in [3.63, 3.8) is 0 Å². The first-order chi connectivity index (χ1) is 9.97. The number of benzene rings is 1. The molecule has 21 heavy (non-hydrogen) atoms.